The Labute approximate surface area is 199 Å². The second kappa shape index (κ2) is 8.94. The van der Waals surface area contributed by atoms with Gasteiger partial charge in [0.1, 0.15) is 12.2 Å². The Morgan fingerprint density at radius 1 is 1.03 bits per heavy atom. The summed E-state index contributed by atoms with van der Waals surface area (Å²) < 4.78 is 54.6. The second-order valence-corrected chi connectivity index (χ2v) is 8.95. The fourth-order valence-corrected chi connectivity index (χ4v) is 4.60. The minimum absolute atomic E-state index is 0.0269. The van der Waals surface area contributed by atoms with E-state index in [2.05, 4.69) is 15.1 Å². The molecule has 35 heavy (non-hydrogen) atoms. The number of nitrogens with zero attached hydrogens (tertiary/aromatic N) is 6. The van der Waals surface area contributed by atoms with Crippen LogP contribution in [0.1, 0.15) is 47.4 Å². The summed E-state index contributed by atoms with van der Waals surface area (Å²) in [6.45, 7) is 2.65. The van der Waals surface area contributed by atoms with Gasteiger partial charge in [0.25, 0.3) is 5.91 Å². The van der Waals surface area contributed by atoms with Crippen molar-refractivity contribution in [3.63, 3.8) is 0 Å². The van der Waals surface area contributed by atoms with Crippen molar-refractivity contribution in [2.45, 2.75) is 50.9 Å². The lowest BCUT2D eigenvalue weighted by Crippen LogP contribution is -2.48. The molecule has 1 amide bonds. The number of carbonyl (C=O) groups excluding carboxylic acids is 1. The van der Waals surface area contributed by atoms with Crippen molar-refractivity contribution in [2.75, 3.05) is 18.0 Å². The number of pyridine rings is 1. The van der Waals surface area contributed by atoms with E-state index in [0.717, 1.165) is 24.4 Å². The molecule has 0 unspecified atom stereocenters. The highest BCUT2D eigenvalue weighted by molar-refractivity contribution is 5.95. The van der Waals surface area contributed by atoms with Gasteiger partial charge in [-0.2, -0.15) is 18.3 Å². The molecule has 184 valence electrons. The van der Waals surface area contributed by atoms with E-state index in [1.165, 1.54) is 6.33 Å². The van der Waals surface area contributed by atoms with Gasteiger partial charge in [-0.3, -0.25) is 4.79 Å². The standard InChI is InChI=1S/C24H24F4N6O/c1-15-30-14-31-34(15)20-4-2-16(3-5-20)23(35)33(18-6-7-18)19-8-10-32(11-9-19)22-21(25)12-17(13-29-22)24(26,27)28/h2-5,12-14,18-19H,6-11H2,1H3. The zero-order chi connectivity index (χ0) is 24.7. The molecule has 3 aromatic rings. The van der Waals surface area contributed by atoms with Crippen LogP contribution in [0.25, 0.3) is 5.69 Å². The number of rotatable bonds is 5. The van der Waals surface area contributed by atoms with Gasteiger partial charge in [0.15, 0.2) is 11.6 Å². The molecule has 5 rings (SSSR count). The maximum Gasteiger partial charge on any atom is 0.417 e. The largest absolute Gasteiger partial charge is 0.417 e. The quantitative estimate of drug-likeness (QED) is 0.498. The minimum atomic E-state index is -4.64. The van der Waals surface area contributed by atoms with Gasteiger partial charge in [0.2, 0.25) is 0 Å². The van der Waals surface area contributed by atoms with E-state index in [9.17, 15) is 22.4 Å². The number of piperidine rings is 1. The molecule has 0 radical (unpaired) electrons. The number of hydrogen-bond acceptors (Lipinski definition) is 5. The Balaban J connectivity index is 1.27. The van der Waals surface area contributed by atoms with Crippen LogP contribution in [0.2, 0.25) is 0 Å². The van der Waals surface area contributed by atoms with Crippen molar-refractivity contribution in [1.29, 1.82) is 0 Å². The second-order valence-electron chi connectivity index (χ2n) is 8.95. The van der Waals surface area contributed by atoms with Gasteiger partial charge in [0.05, 0.1) is 11.3 Å². The van der Waals surface area contributed by atoms with Crippen LogP contribution in [0.3, 0.4) is 0 Å². The van der Waals surface area contributed by atoms with Crippen molar-refractivity contribution in [3.8, 4) is 5.69 Å². The smallest absolute Gasteiger partial charge is 0.354 e. The number of alkyl halides is 3. The lowest BCUT2D eigenvalue weighted by Gasteiger charge is -2.39. The van der Waals surface area contributed by atoms with Crippen LogP contribution in [0.5, 0.6) is 0 Å². The summed E-state index contributed by atoms with van der Waals surface area (Å²) in [6, 6.07) is 7.87. The summed E-state index contributed by atoms with van der Waals surface area (Å²) >= 11 is 0. The van der Waals surface area contributed by atoms with E-state index in [-0.39, 0.29) is 23.8 Å². The van der Waals surface area contributed by atoms with Crippen LogP contribution in [0, 0.1) is 12.7 Å². The number of carbonyl (C=O) groups is 1. The monoisotopic (exact) mass is 488 g/mol. The summed E-state index contributed by atoms with van der Waals surface area (Å²) in [6.07, 6.45) is 0.545. The molecule has 1 saturated carbocycles. The predicted octanol–water partition coefficient (Wildman–Crippen LogP) is 4.40. The van der Waals surface area contributed by atoms with Crippen molar-refractivity contribution in [1.82, 2.24) is 24.6 Å². The number of hydrogen-bond donors (Lipinski definition) is 0. The Morgan fingerprint density at radius 3 is 2.23 bits per heavy atom. The normalized spacial score (nSPS) is 17.0. The van der Waals surface area contributed by atoms with Crippen LogP contribution < -0.4 is 4.90 Å². The molecule has 1 aliphatic carbocycles. The highest BCUT2D eigenvalue weighted by Crippen LogP contribution is 2.35. The van der Waals surface area contributed by atoms with Crippen LogP contribution in [-0.2, 0) is 6.18 Å². The first-order chi connectivity index (χ1) is 16.7. The van der Waals surface area contributed by atoms with Gasteiger partial charge in [0, 0.05) is 36.9 Å². The molecule has 2 aromatic heterocycles. The Morgan fingerprint density at radius 2 is 1.69 bits per heavy atom. The van der Waals surface area contributed by atoms with Gasteiger partial charge < -0.3 is 9.80 Å². The van der Waals surface area contributed by atoms with Crippen LogP contribution in [0.15, 0.2) is 42.9 Å². The molecule has 1 saturated heterocycles. The number of halogens is 4. The van der Waals surface area contributed by atoms with Gasteiger partial charge in [-0.25, -0.2) is 19.0 Å². The maximum absolute atomic E-state index is 14.4. The van der Waals surface area contributed by atoms with E-state index in [4.69, 9.17) is 0 Å². The first kappa shape index (κ1) is 23.3. The highest BCUT2D eigenvalue weighted by atomic mass is 19.4. The maximum atomic E-state index is 14.4. The van der Waals surface area contributed by atoms with Gasteiger partial charge >= 0.3 is 6.18 Å². The summed E-state index contributed by atoms with van der Waals surface area (Å²) in [5.74, 6) is -0.378. The van der Waals surface area contributed by atoms with Crippen LogP contribution in [0.4, 0.5) is 23.4 Å². The lowest BCUT2D eigenvalue weighted by molar-refractivity contribution is -0.138. The summed E-state index contributed by atoms with van der Waals surface area (Å²) in [4.78, 5) is 24.9. The Kier molecular flexibility index (Phi) is 5.94. The van der Waals surface area contributed by atoms with Crippen molar-refractivity contribution in [3.05, 3.63) is 65.6 Å². The summed E-state index contributed by atoms with van der Waals surface area (Å²) in [7, 11) is 0. The molecule has 1 aliphatic heterocycles. The average molecular weight is 488 g/mol. The van der Waals surface area contributed by atoms with E-state index >= 15 is 0 Å². The van der Waals surface area contributed by atoms with Crippen molar-refractivity contribution < 1.29 is 22.4 Å². The first-order valence-corrected chi connectivity index (χ1v) is 11.5. The minimum Gasteiger partial charge on any atom is -0.354 e. The molecular weight excluding hydrogens is 464 g/mol. The molecule has 0 spiro atoms. The van der Waals surface area contributed by atoms with Crippen molar-refractivity contribution in [2.24, 2.45) is 0 Å². The summed E-state index contributed by atoms with van der Waals surface area (Å²) in [5.41, 5.74) is 0.286. The van der Waals surface area contributed by atoms with E-state index < -0.39 is 17.6 Å². The number of anilines is 1. The molecule has 0 atom stereocenters. The Bertz CT molecular complexity index is 1210. The van der Waals surface area contributed by atoms with E-state index in [1.807, 2.05) is 24.0 Å². The van der Waals surface area contributed by atoms with Gasteiger partial charge in [-0.1, -0.05) is 0 Å². The number of amides is 1. The van der Waals surface area contributed by atoms with E-state index in [0.29, 0.717) is 43.8 Å². The first-order valence-electron chi connectivity index (χ1n) is 11.5. The van der Waals surface area contributed by atoms with Crippen LogP contribution >= 0.6 is 0 Å². The highest BCUT2D eigenvalue weighted by Gasteiger charge is 2.39. The fraction of sp³-hybridized carbons (Fsp3) is 0.417. The Hall–Kier alpha value is -3.50. The van der Waals surface area contributed by atoms with E-state index in [1.54, 1.807) is 21.7 Å². The predicted molar refractivity (Wildman–Crippen MR) is 120 cm³/mol. The molecular formula is C24H24F4N6O. The molecule has 0 N–H and O–H groups in total. The molecule has 0 bridgehead atoms. The number of aromatic nitrogens is 4. The third-order valence-corrected chi connectivity index (χ3v) is 6.56. The lowest BCUT2D eigenvalue weighted by atomic mass is 10.0. The topological polar surface area (TPSA) is 67.2 Å². The number of benzene rings is 1. The molecule has 11 heteroatoms. The van der Waals surface area contributed by atoms with Gasteiger partial charge in [-0.15, -0.1) is 0 Å². The fourth-order valence-electron chi connectivity index (χ4n) is 4.60. The zero-order valence-electron chi connectivity index (χ0n) is 19.0. The van der Waals surface area contributed by atoms with Crippen LogP contribution in [-0.4, -0.2) is 55.7 Å². The summed E-state index contributed by atoms with van der Waals surface area (Å²) in [5, 5.41) is 4.18. The molecule has 7 nitrogen and oxygen atoms in total. The third-order valence-electron chi connectivity index (χ3n) is 6.56. The third kappa shape index (κ3) is 4.71. The van der Waals surface area contributed by atoms with Crippen molar-refractivity contribution >= 4 is 11.7 Å². The van der Waals surface area contributed by atoms with Gasteiger partial charge in [-0.05, 0) is 62.9 Å². The molecule has 3 heterocycles. The molecule has 1 aromatic carbocycles. The SMILES string of the molecule is Cc1ncnn1-c1ccc(C(=O)N(C2CC2)C2CCN(c3ncc(C(F)(F)F)cc3F)CC2)cc1. The average Bonchev–Trinajstić information content (AvgIpc) is 3.58. The zero-order valence-corrected chi connectivity index (χ0v) is 19.0. The molecule has 2 fully saturated rings. The molecule has 2 aliphatic rings. The number of aryl methyl sites for hydroxylation is 1.